The summed E-state index contributed by atoms with van der Waals surface area (Å²) in [6, 6.07) is 12.8. The second-order valence-electron chi connectivity index (χ2n) is 5.54. The highest BCUT2D eigenvalue weighted by Crippen LogP contribution is 2.38. The van der Waals surface area contributed by atoms with E-state index in [-0.39, 0.29) is 18.9 Å². The predicted octanol–water partition coefficient (Wildman–Crippen LogP) is 4.97. The summed E-state index contributed by atoms with van der Waals surface area (Å²) in [5.74, 6) is -0.796. The number of rotatable bonds is 6. The molecule has 0 radical (unpaired) electrons. The highest BCUT2D eigenvalue weighted by molar-refractivity contribution is 7.17. The second kappa shape index (κ2) is 8.62. The fourth-order valence-corrected chi connectivity index (χ4v) is 4.32. The van der Waals surface area contributed by atoms with Gasteiger partial charge in [-0.05, 0) is 36.1 Å². The number of thiophene rings is 2. The predicted molar refractivity (Wildman–Crippen MR) is 107 cm³/mol. The van der Waals surface area contributed by atoms with E-state index in [9.17, 15) is 9.59 Å². The number of anilines is 1. The molecule has 0 bridgehead atoms. The van der Waals surface area contributed by atoms with Crippen molar-refractivity contribution >= 4 is 39.6 Å². The van der Waals surface area contributed by atoms with Gasteiger partial charge in [-0.3, -0.25) is 4.79 Å². The van der Waals surface area contributed by atoms with Crippen LogP contribution in [0.1, 0.15) is 33.2 Å². The van der Waals surface area contributed by atoms with Crippen LogP contribution in [0.4, 0.5) is 5.00 Å². The summed E-state index contributed by atoms with van der Waals surface area (Å²) < 4.78 is 5.19. The van der Waals surface area contributed by atoms with Gasteiger partial charge >= 0.3 is 5.97 Å². The van der Waals surface area contributed by atoms with E-state index in [1.165, 1.54) is 22.7 Å². The van der Waals surface area contributed by atoms with Crippen molar-refractivity contribution in [3.63, 3.8) is 0 Å². The second-order valence-corrected chi connectivity index (χ2v) is 7.37. The van der Waals surface area contributed by atoms with Crippen LogP contribution in [0.5, 0.6) is 0 Å². The number of hydrogen-bond donors (Lipinski definition) is 1. The van der Waals surface area contributed by atoms with Gasteiger partial charge < -0.3 is 10.1 Å². The molecule has 0 saturated carbocycles. The largest absolute Gasteiger partial charge is 0.462 e. The molecular weight excluding hydrogens is 380 g/mol. The van der Waals surface area contributed by atoms with Crippen molar-refractivity contribution in [3.8, 4) is 16.5 Å². The summed E-state index contributed by atoms with van der Waals surface area (Å²) in [6.07, 6.45) is 0.233. The Bertz CT molecular complexity index is 1000. The van der Waals surface area contributed by atoms with Crippen molar-refractivity contribution < 1.29 is 14.3 Å². The molecule has 1 amide bonds. The number of hydrogen-bond acceptors (Lipinski definition) is 6. The molecule has 0 saturated heterocycles. The van der Waals surface area contributed by atoms with Crippen LogP contribution in [0.25, 0.3) is 10.4 Å². The number of esters is 1. The van der Waals surface area contributed by atoms with Crippen LogP contribution < -0.4 is 5.32 Å². The van der Waals surface area contributed by atoms with Gasteiger partial charge in [-0.25, -0.2) is 4.79 Å². The summed E-state index contributed by atoms with van der Waals surface area (Å²) in [5.41, 5.74) is 2.32. The Morgan fingerprint density at radius 3 is 2.78 bits per heavy atom. The molecule has 2 aromatic heterocycles. The van der Waals surface area contributed by atoms with Crippen LogP contribution in [0, 0.1) is 11.3 Å². The summed E-state index contributed by atoms with van der Waals surface area (Å²) in [4.78, 5) is 26.1. The van der Waals surface area contributed by atoms with Crippen LogP contribution in [0.15, 0.2) is 47.2 Å². The summed E-state index contributed by atoms with van der Waals surface area (Å²) in [7, 11) is 0. The van der Waals surface area contributed by atoms with Crippen LogP contribution in [-0.2, 0) is 11.2 Å². The van der Waals surface area contributed by atoms with E-state index in [4.69, 9.17) is 10.00 Å². The van der Waals surface area contributed by atoms with E-state index < -0.39 is 5.97 Å². The van der Waals surface area contributed by atoms with Crippen LogP contribution in [0.3, 0.4) is 0 Å². The Labute approximate surface area is 164 Å². The molecule has 0 spiro atoms. The number of nitrogens with one attached hydrogen (secondary N) is 1. The fraction of sp³-hybridized carbons (Fsp3) is 0.150. The summed E-state index contributed by atoms with van der Waals surface area (Å²) in [5, 5.41) is 15.9. The first-order chi connectivity index (χ1) is 13.1. The molecule has 0 fully saturated rings. The zero-order chi connectivity index (χ0) is 19.2. The molecule has 1 N–H and O–H groups in total. The highest BCUT2D eigenvalue weighted by atomic mass is 32.1. The van der Waals surface area contributed by atoms with Crippen molar-refractivity contribution in [2.75, 3.05) is 11.9 Å². The van der Waals surface area contributed by atoms with Gasteiger partial charge in [-0.15, -0.1) is 22.7 Å². The first-order valence-electron chi connectivity index (χ1n) is 8.23. The van der Waals surface area contributed by atoms with Gasteiger partial charge in [0.15, 0.2) is 0 Å². The van der Waals surface area contributed by atoms with Gasteiger partial charge in [0.2, 0.25) is 0 Å². The van der Waals surface area contributed by atoms with Crippen molar-refractivity contribution in [1.82, 2.24) is 0 Å². The molecule has 3 rings (SSSR count). The molecule has 7 heteroatoms. The minimum atomic E-state index is -0.462. The third-order valence-corrected chi connectivity index (χ3v) is 5.56. The molecule has 1 aromatic carbocycles. The molecule has 136 valence electrons. The zero-order valence-electron chi connectivity index (χ0n) is 14.5. The fourth-order valence-electron chi connectivity index (χ4n) is 2.56. The SMILES string of the molecule is CCOC(=O)c1c(-c2cccs2)csc1NC(=O)c1cccc(CC#N)c1. The first-order valence-corrected chi connectivity index (χ1v) is 9.99. The van der Waals surface area contributed by atoms with Crippen LogP contribution in [0.2, 0.25) is 0 Å². The number of nitrogens with zero attached hydrogens (tertiary/aromatic N) is 1. The smallest absolute Gasteiger partial charge is 0.341 e. The third-order valence-electron chi connectivity index (χ3n) is 3.76. The van der Waals surface area contributed by atoms with Crippen LogP contribution >= 0.6 is 22.7 Å². The molecular formula is C20H16N2O3S2. The number of amides is 1. The maximum Gasteiger partial charge on any atom is 0.341 e. The van der Waals surface area contributed by atoms with E-state index in [0.717, 1.165) is 16.0 Å². The van der Waals surface area contributed by atoms with Gasteiger partial charge in [-0.1, -0.05) is 18.2 Å². The quantitative estimate of drug-likeness (QED) is 0.597. The normalized spacial score (nSPS) is 10.2. The molecule has 0 aliphatic carbocycles. The Hall–Kier alpha value is -2.95. The number of nitriles is 1. The Kier molecular flexibility index (Phi) is 6.01. The summed E-state index contributed by atoms with van der Waals surface area (Å²) in [6.45, 7) is 2.00. The van der Waals surface area contributed by atoms with Gasteiger partial charge in [0.05, 0.1) is 19.1 Å². The molecule has 0 aliphatic rings. The number of ether oxygens (including phenoxy) is 1. The number of benzene rings is 1. The lowest BCUT2D eigenvalue weighted by Crippen LogP contribution is -2.15. The van der Waals surface area contributed by atoms with E-state index in [2.05, 4.69) is 11.4 Å². The molecule has 3 aromatic rings. The number of carbonyl (C=O) groups excluding carboxylic acids is 2. The van der Waals surface area contributed by atoms with Crippen molar-refractivity contribution in [1.29, 1.82) is 5.26 Å². The Morgan fingerprint density at radius 2 is 2.07 bits per heavy atom. The lowest BCUT2D eigenvalue weighted by Gasteiger charge is -2.08. The average Bonchev–Trinajstić information content (AvgIpc) is 3.32. The van der Waals surface area contributed by atoms with Gasteiger partial charge in [0, 0.05) is 21.4 Å². The standard InChI is InChI=1S/C20H16N2O3S2/c1-2-25-20(24)17-15(16-7-4-10-26-16)12-27-19(17)22-18(23)14-6-3-5-13(11-14)8-9-21/h3-7,10-12H,2,8H2,1H3,(H,22,23). The third kappa shape index (κ3) is 4.25. The van der Waals surface area contributed by atoms with E-state index in [1.807, 2.05) is 22.9 Å². The zero-order valence-corrected chi connectivity index (χ0v) is 16.2. The van der Waals surface area contributed by atoms with Crippen molar-refractivity contribution in [3.05, 3.63) is 63.8 Å². The average molecular weight is 396 g/mol. The van der Waals surface area contributed by atoms with Crippen molar-refractivity contribution in [2.24, 2.45) is 0 Å². The van der Waals surface area contributed by atoms with E-state index in [0.29, 0.717) is 16.1 Å². The molecule has 27 heavy (non-hydrogen) atoms. The lowest BCUT2D eigenvalue weighted by molar-refractivity contribution is 0.0529. The van der Waals surface area contributed by atoms with Gasteiger partial charge in [-0.2, -0.15) is 5.26 Å². The first kappa shape index (κ1) is 18.8. The maximum absolute atomic E-state index is 12.7. The number of carbonyl (C=O) groups is 2. The maximum atomic E-state index is 12.7. The highest BCUT2D eigenvalue weighted by Gasteiger charge is 2.23. The monoisotopic (exact) mass is 396 g/mol. The summed E-state index contributed by atoms with van der Waals surface area (Å²) >= 11 is 2.80. The topological polar surface area (TPSA) is 79.2 Å². The van der Waals surface area contributed by atoms with Crippen molar-refractivity contribution in [2.45, 2.75) is 13.3 Å². The molecule has 0 atom stereocenters. The van der Waals surface area contributed by atoms with Gasteiger partial charge in [0.25, 0.3) is 5.91 Å². The molecule has 5 nitrogen and oxygen atoms in total. The van der Waals surface area contributed by atoms with Gasteiger partial charge in [0.1, 0.15) is 10.6 Å². The minimum absolute atomic E-state index is 0.233. The minimum Gasteiger partial charge on any atom is -0.462 e. The lowest BCUT2D eigenvalue weighted by atomic mass is 10.1. The van der Waals surface area contributed by atoms with E-state index in [1.54, 1.807) is 31.2 Å². The Balaban J connectivity index is 1.92. The molecule has 0 aliphatic heterocycles. The molecule has 2 heterocycles. The van der Waals surface area contributed by atoms with E-state index >= 15 is 0 Å². The Morgan fingerprint density at radius 1 is 1.22 bits per heavy atom. The van der Waals surface area contributed by atoms with Crippen LogP contribution in [-0.4, -0.2) is 18.5 Å². The molecule has 0 unspecified atom stereocenters.